The lowest BCUT2D eigenvalue weighted by atomic mass is 10.1. The van der Waals surface area contributed by atoms with E-state index in [-0.39, 0.29) is 23.7 Å². The fourth-order valence-corrected chi connectivity index (χ4v) is 4.29. The Morgan fingerprint density at radius 1 is 1.24 bits per heavy atom. The highest BCUT2D eigenvalue weighted by Gasteiger charge is 2.30. The topological polar surface area (TPSA) is 75.5 Å². The van der Waals surface area contributed by atoms with E-state index in [4.69, 9.17) is 0 Å². The van der Waals surface area contributed by atoms with Crippen molar-refractivity contribution in [1.29, 1.82) is 0 Å². The third kappa shape index (κ3) is 4.05. The predicted octanol–water partition coefficient (Wildman–Crippen LogP) is 3.61. The fourth-order valence-electron chi connectivity index (χ4n) is 3.33. The largest absolute Gasteiger partial charge is 0.348 e. The molecule has 25 heavy (non-hydrogen) atoms. The number of nitrogens with zero attached hydrogens (tertiary/aromatic N) is 2. The number of nitro benzene ring substituents is 1. The maximum absolute atomic E-state index is 12.5. The second-order valence-electron chi connectivity index (χ2n) is 6.27. The average molecular weight is 359 g/mol. The third-order valence-electron chi connectivity index (χ3n) is 4.54. The van der Waals surface area contributed by atoms with Crippen LogP contribution in [0.25, 0.3) is 0 Å². The van der Waals surface area contributed by atoms with E-state index >= 15 is 0 Å². The smallest absolute Gasteiger partial charge is 0.269 e. The number of likely N-dealkylation sites (tertiary alicyclic amines) is 1. The Hall–Kier alpha value is -2.25. The van der Waals surface area contributed by atoms with E-state index in [1.165, 1.54) is 42.0 Å². The van der Waals surface area contributed by atoms with Crippen molar-refractivity contribution in [3.05, 3.63) is 62.3 Å². The van der Waals surface area contributed by atoms with Crippen LogP contribution in [0.2, 0.25) is 0 Å². The van der Waals surface area contributed by atoms with E-state index in [9.17, 15) is 14.9 Å². The standard InChI is InChI=1S/C18H21N3O3S/c1-13(17(16-5-4-12-25-16)20-10-2-3-11-20)19-18(22)14-6-8-15(9-7-14)21(23)24/h4-9,12-13,17H,2-3,10-11H2,1H3,(H,19,22)/t13-,17+/m1/s1. The molecule has 1 aromatic heterocycles. The van der Waals surface area contributed by atoms with E-state index in [2.05, 4.69) is 21.7 Å². The summed E-state index contributed by atoms with van der Waals surface area (Å²) in [5.74, 6) is -0.205. The van der Waals surface area contributed by atoms with Crippen molar-refractivity contribution in [2.75, 3.05) is 13.1 Å². The van der Waals surface area contributed by atoms with Gasteiger partial charge in [-0.05, 0) is 56.4 Å². The van der Waals surface area contributed by atoms with Gasteiger partial charge in [0.25, 0.3) is 11.6 Å². The molecule has 0 aliphatic carbocycles. The second kappa shape index (κ2) is 7.76. The molecule has 0 radical (unpaired) electrons. The molecule has 0 unspecified atom stereocenters. The number of benzene rings is 1. The first-order valence-electron chi connectivity index (χ1n) is 8.39. The molecule has 1 N–H and O–H groups in total. The van der Waals surface area contributed by atoms with Crippen molar-refractivity contribution in [3.8, 4) is 0 Å². The molecule has 0 bridgehead atoms. The molecule has 1 fully saturated rings. The number of nitrogens with one attached hydrogen (secondary N) is 1. The van der Waals surface area contributed by atoms with E-state index in [0.29, 0.717) is 5.56 Å². The Kier molecular flexibility index (Phi) is 5.45. The summed E-state index contributed by atoms with van der Waals surface area (Å²) in [5, 5.41) is 15.9. The summed E-state index contributed by atoms with van der Waals surface area (Å²) in [6.07, 6.45) is 2.37. The normalized spacial score (nSPS) is 17.2. The molecule has 1 aliphatic heterocycles. The Morgan fingerprint density at radius 2 is 1.92 bits per heavy atom. The van der Waals surface area contributed by atoms with Crippen LogP contribution >= 0.6 is 11.3 Å². The molecule has 1 saturated heterocycles. The average Bonchev–Trinajstić information content (AvgIpc) is 3.29. The van der Waals surface area contributed by atoms with Crippen LogP contribution in [-0.4, -0.2) is 34.9 Å². The monoisotopic (exact) mass is 359 g/mol. The summed E-state index contributed by atoms with van der Waals surface area (Å²) in [6, 6.07) is 9.96. The van der Waals surface area contributed by atoms with Crippen molar-refractivity contribution in [2.24, 2.45) is 0 Å². The number of rotatable bonds is 6. The van der Waals surface area contributed by atoms with Crippen LogP contribution < -0.4 is 5.32 Å². The highest BCUT2D eigenvalue weighted by atomic mass is 32.1. The van der Waals surface area contributed by atoms with E-state index in [0.717, 1.165) is 13.1 Å². The number of thiophene rings is 1. The van der Waals surface area contributed by atoms with Gasteiger partial charge in [-0.25, -0.2) is 0 Å². The molecule has 2 atom stereocenters. The molecule has 1 amide bonds. The van der Waals surface area contributed by atoms with Crippen molar-refractivity contribution in [1.82, 2.24) is 10.2 Å². The summed E-state index contributed by atoms with van der Waals surface area (Å²) >= 11 is 1.71. The summed E-state index contributed by atoms with van der Waals surface area (Å²) < 4.78 is 0. The van der Waals surface area contributed by atoms with Gasteiger partial charge in [0, 0.05) is 28.6 Å². The minimum atomic E-state index is -0.468. The number of hydrogen-bond acceptors (Lipinski definition) is 5. The number of nitro groups is 1. The maximum Gasteiger partial charge on any atom is 0.269 e. The Labute approximate surface area is 150 Å². The minimum Gasteiger partial charge on any atom is -0.348 e. The van der Waals surface area contributed by atoms with E-state index < -0.39 is 4.92 Å². The molecule has 1 aliphatic rings. The zero-order valence-electron chi connectivity index (χ0n) is 14.1. The van der Waals surface area contributed by atoms with E-state index in [1.807, 2.05) is 13.0 Å². The van der Waals surface area contributed by atoms with Crippen LogP contribution in [0.1, 0.15) is 41.0 Å². The van der Waals surface area contributed by atoms with Gasteiger partial charge >= 0.3 is 0 Å². The van der Waals surface area contributed by atoms with Gasteiger partial charge < -0.3 is 5.32 Å². The zero-order chi connectivity index (χ0) is 17.8. The first-order valence-corrected chi connectivity index (χ1v) is 9.27. The zero-order valence-corrected chi connectivity index (χ0v) is 14.9. The lowest BCUT2D eigenvalue weighted by molar-refractivity contribution is -0.384. The van der Waals surface area contributed by atoms with Gasteiger partial charge in [0.1, 0.15) is 0 Å². The lowest BCUT2D eigenvalue weighted by Gasteiger charge is -2.32. The van der Waals surface area contributed by atoms with Crippen LogP contribution in [0.4, 0.5) is 5.69 Å². The van der Waals surface area contributed by atoms with Crippen LogP contribution in [0.15, 0.2) is 41.8 Å². The predicted molar refractivity (Wildman–Crippen MR) is 97.9 cm³/mol. The number of non-ortho nitro benzene ring substituents is 1. The van der Waals surface area contributed by atoms with E-state index in [1.54, 1.807) is 11.3 Å². The van der Waals surface area contributed by atoms with Gasteiger partial charge in [-0.1, -0.05) is 6.07 Å². The molecule has 0 spiro atoms. The second-order valence-corrected chi connectivity index (χ2v) is 7.25. The highest BCUT2D eigenvalue weighted by molar-refractivity contribution is 7.10. The number of hydrogen-bond donors (Lipinski definition) is 1. The summed E-state index contributed by atoms with van der Waals surface area (Å²) in [7, 11) is 0. The molecule has 6 nitrogen and oxygen atoms in total. The molecule has 1 aromatic carbocycles. The lowest BCUT2D eigenvalue weighted by Crippen LogP contribution is -2.43. The minimum absolute atomic E-state index is 0.0156. The molecule has 7 heteroatoms. The van der Waals surface area contributed by atoms with Crippen LogP contribution in [0.3, 0.4) is 0 Å². The Balaban J connectivity index is 1.73. The first kappa shape index (κ1) is 17.6. The van der Waals surface area contributed by atoms with Gasteiger partial charge in [-0.15, -0.1) is 11.3 Å². The third-order valence-corrected chi connectivity index (χ3v) is 5.48. The molecular formula is C18H21N3O3S. The molecule has 3 rings (SSSR count). The van der Waals surface area contributed by atoms with Crippen molar-refractivity contribution >= 4 is 22.9 Å². The maximum atomic E-state index is 12.5. The van der Waals surface area contributed by atoms with Gasteiger partial charge in [0.05, 0.1) is 11.0 Å². The molecule has 132 valence electrons. The Morgan fingerprint density at radius 3 is 2.48 bits per heavy atom. The molecular weight excluding hydrogens is 338 g/mol. The van der Waals surface area contributed by atoms with Gasteiger partial charge in [0.2, 0.25) is 0 Å². The van der Waals surface area contributed by atoms with Crippen molar-refractivity contribution < 1.29 is 9.72 Å². The summed E-state index contributed by atoms with van der Waals surface area (Å²) in [4.78, 5) is 26.5. The first-order chi connectivity index (χ1) is 12.1. The number of amides is 1. The Bertz CT molecular complexity index is 725. The van der Waals surface area contributed by atoms with Crippen LogP contribution in [0, 0.1) is 10.1 Å². The van der Waals surface area contributed by atoms with Crippen LogP contribution in [0.5, 0.6) is 0 Å². The van der Waals surface area contributed by atoms with Crippen molar-refractivity contribution in [3.63, 3.8) is 0 Å². The van der Waals surface area contributed by atoms with Gasteiger partial charge in [-0.2, -0.15) is 0 Å². The van der Waals surface area contributed by atoms with Crippen LogP contribution in [-0.2, 0) is 0 Å². The number of carbonyl (C=O) groups excluding carboxylic acids is 1. The quantitative estimate of drug-likeness (QED) is 0.631. The fraction of sp³-hybridized carbons (Fsp3) is 0.389. The highest BCUT2D eigenvalue weighted by Crippen LogP contribution is 2.31. The summed E-state index contributed by atoms with van der Waals surface area (Å²) in [6.45, 7) is 4.10. The molecule has 0 saturated carbocycles. The summed E-state index contributed by atoms with van der Waals surface area (Å²) in [5.41, 5.74) is 0.418. The molecule has 2 aromatic rings. The van der Waals surface area contributed by atoms with Crippen molar-refractivity contribution in [2.45, 2.75) is 31.8 Å². The SMILES string of the molecule is C[C@@H](NC(=O)c1ccc([N+](=O)[O-])cc1)[C@@H](c1cccs1)N1CCCC1. The number of carbonyl (C=O) groups is 1. The molecule has 2 heterocycles. The van der Waals surface area contributed by atoms with Gasteiger partial charge in [0.15, 0.2) is 0 Å². The van der Waals surface area contributed by atoms with Gasteiger partial charge in [-0.3, -0.25) is 19.8 Å².